The van der Waals surface area contributed by atoms with Crippen molar-refractivity contribution < 1.29 is 0 Å². The van der Waals surface area contributed by atoms with E-state index < -0.39 is 0 Å². The molecule has 0 amide bonds. The summed E-state index contributed by atoms with van der Waals surface area (Å²) in [6, 6.07) is 8.44. The summed E-state index contributed by atoms with van der Waals surface area (Å²) >= 11 is 0. The van der Waals surface area contributed by atoms with E-state index in [0.717, 1.165) is 24.5 Å². The van der Waals surface area contributed by atoms with Crippen molar-refractivity contribution in [2.45, 2.75) is 19.3 Å². The van der Waals surface area contributed by atoms with Gasteiger partial charge in [-0.1, -0.05) is 0 Å². The summed E-state index contributed by atoms with van der Waals surface area (Å²) in [6.45, 7) is 0.970. The molecule has 0 aliphatic carbocycles. The van der Waals surface area contributed by atoms with Crippen LogP contribution in [0.2, 0.25) is 0 Å². The second-order valence-electron chi connectivity index (χ2n) is 4.35. The Bertz CT molecular complexity index is 365. The van der Waals surface area contributed by atoms with Gasteiger partial charge in [0.25, 0.3) is 0 Å². The molecule has 1 aromatic rings. The zero-order chi connectivity index (χ0) is 11.4. The minimum absolute atomic E-state index is 0.970. The molecule has 2 rings (SSSR count). The third-order valence-electron chi connectivity index (χ3n) is 2.80. The molecule has 1 N–H and O–H groups in total. The Morgan fingerprint density at radius 1 is 1.12 bits per heavy atom. The Morgan fingerprint density at radius 2 is 1.88 bits per heavy atom. The number of hydrogen-bond donors (Lipinski definition) is 1. The quantitative estimate of drug-likeness (QED) is 0.825. The molecule has 3 nitrogen and oxygen atoms in total. The van der Waals surface area contributed by atoms with E-state index in [4.69, 9.17) is 0 Å². The molecule has 1 aliphatic rings. The summed E-state index contributed by atoms with van der Waals surface area (Å²) < 4.78 is 0. The maximum absolute atomic E-state index is 4.48. The molecule has 0 saturated carbocycles. The summed E-state index contributed by atoms with van der Waals surface area (Å²) in [5.41, 5.74) is 2.35. The molecule has 1 aromatic carbocycles. The van der Waals surface area contributed by atoms with Gasteiger partial charge >= 0.3 is 0 Å². The van der Waals surface area contributed by atoms with Crippen LogP contribution in [0.4, 0.5) is 11.4 Å². The number of anilines is 2. The summed E-state index contributed by atoms with van der Waals surface area (Å²) in [5.74, 6) is 1.13. The molecule has 3 heteroatoms. The van der Waals surface area contributed by atoms with Gasteiger partial charge < -0.3 is 10.2 Å². The number of aliphatic imine (C=N–C) groups is 1. The van der Waals surface area contributed by atoms with Gasteiger partial charge in [0.1, 0.15) is 5.84 Å². The van der Waals surface area contributed by atoms with Crippen LogP contribution in [0.15, 0.2) is 29.3 Å². The Kier molecular flexibility index (Phi) is 3.44. The molecule has 0 unspecified atom stereocenters. The van der Waals surface area contributed by atoms with Crippen LogP contribution in [0, 0.1) is 0 Å². The summed E-state index contributed by atoms with van der Waals surface area (Å²) in [6.07, 6.45) is 3.56. The van der Waals surface area contributed by atoms with Crippen molar-refractivity contribution >= 4 is 17.2 Å². The smallest absolute Gasteiger partial charge is 0.101 e. The molecule has 16 heavy (non-hydrogen) atoms. The van der Waals surface area contributed by atoms with E-state index in [0.29, 0.717) is 0 Å². The lowest BCUT2D eigenvalue weighted by Crippen LogP contribution is -2.16. The first-order chi connectivity index (χ1) is 7.75. The molecule has 86 valence electrons. The van der Waals surface area contributed by atoms with Gasteiger partial charge in [0.15, 0.2) is 0 Å². The summed E-state index contributed by atoms with van der Waals surface area (Å²) in [4.78, 5) is 6.58. The Morgan fingerprint density at radius 3 is 2.44 bits per heavy atom. The highest BCUT2D eigenvalue weighted by Gasteiger charge is 2.05. The van der Waals surface area contributed by atoms with E-state index in [1.165, 1.54) is 18.5 Å². The Labute approximate surface area is 97.2 Å². The highest BCUT2D eigenvalue weighted by molar-refractivity contribution is 5.95. The number of amidine groups is 1. The fraction of sp³-hybridized carbons (Fsp3) is 0.462. The van der Waals surface area contributed by atoms with Crippen molar-refractivity contribution in [2.75, 3.05) is 30.9 Å². The normalized spacial score (nSPS) is 15.5. The lowest BCUT2D eigenvalue weighted by atomic mass is 10.1. The minimum atomic E-state index is 0.970. The van der Waals surface area contributed by atoms with Gasteiger partial charge in [-0.3, -0.25) is 4.99 Å². The van der Waals surface area contributed by atoms with Gasteiger partial charge in [0.2, 0.25) is 0 Å². The molecular weight excluding hydrogens is 198 g/mol. The zero-order valence-electron chi connectivity index (χ0n) is 10.0. The molecule has 0 bridgehead atoms. The summed E-state index contributed by atoms with van der Waals surface area (Å²) in [5, 5.41) is 3.38. The average Bonchev–Trinajstić information content (AvgIpc) is 2.31. The first-order valence-electron chi connectivity index (χ1n) is 5.83. The van der Waals surface area contributed by atoms with Gasteiger partial charge in [-0.25, -0.2) is 0 Å². The Hall–Kier alpha value is -1.51. The number of rotatable bonds is 2. The third-order valence-corrected chi connectivity index (χ3v) is 2.80. The monoisotopic (exact) mass is 217 g/mol. The predicted octanol–water partition coefficient (Wildman–Crippen LogP) is 2.75. The van der Waals surface area contributed by atoms with Crippen molar-refractivity contribution in [3.05, 3.63) is 24.3 Å². The molecule has 1 aliphatic heterocycles. The lowest BCUT2D eigenvalue weighted by Gasteiger charge is -2.16. The van der Waals surface area contributed by atoms with Crippen molar-refractivity contribution in [2.24, 2.45) is 4.99 Å². The van der Waals surface area contributed by atoms with E-state index >= 15 is 0 Å². The van der Waals surface area contributed by atoms with Crippen molar-refractivity contribution in [1.82, 2.24) is 0 Å². The lowest BCUT2D eigenvalue weighted by molar-refractivity contribution is 0.737. The van der Waals surface area contributed by atoms with Crippen LogP contribution in [-0.2, 0) is 0 Å². The fourth-order valence-corrected chi connectivity index (χ4v) is 1.81. The molecule has 0 fully saturated rings. The highest BCUT2D eigenvalue weighted by atomic mass is 15.1. The standard InChI is InChI=1S/C13H19N3/c1-16(2)12-8-6-11(7-9-12)15-13-5-3-4-10-14-13/h6-9H,3-5,10H2,1-2H3,(H,14,15). The van der Waals surface area contributed by atoms with Crippen LogP contribution in [-0.4, -0.2) is 26.5 Å². The number of hydrogen-bond acceptors (Lipinski definition) is 3. The second-order valence-corrected chi connectivity index (χ2v) is 4.35. The van der Waals surface area contributed by atoms with Crippen molar-refractivity contribution in [3.63, 3.8) is 0 Å². The van der Waals surface area contributed by atoms with Crippen LogP contribution in [0.25, 0.3) is 0 Å². The SMILES string of the molecule is CN(C)c1ccc(NC2=NCCCC2)cc1. The molecule has 0 spiro atoms. The largest absolute Gasteiger partial charge is 0.378 e. The van der Waals surface area contributed by atoms with E-state index in [1.807, 2.05) is 14.1 Å². The second kappa shape index (κ2) is 5.01. The van der Waals surface area contributed by atoms with Crippen molar-refractivity contribution in [1.29, 1.82) is 0 Å². The fourth-order valence-electron chi connectivity index (χ4n) is 1.81. The first kappa shape index (κ1) is 11.0. The molecule has 0 aromatic heterocycles. The van der Waals surface area contributed by atoms with Crippen LogP contribution >= 0.6 is 0 Å². The number of nitrogens with zero attached hydrogens (tertiary/aromatic N) is 2. The maximum Gasteiger partial charge on any atom is 0.101 e. The Balaban J connectivity index is 2.02. The third kappa shape index (κ3) is 2.75. The van der Waals surface area contributed by atoms with E-state index in [2.05, 4.69) is 39.5 Å². The summed E-state index contributed by atoms with van der Waals surface area (Å²) in [7, 11) is 4.10. The van der Waals surface area contributed by atoms with E-state index in [9.17, 15) is 0 Å². The minimum Gasteiger partial charge on any atom is -0.378 e. The molecule has 0 atom stereocenters. The van der Waals surface area contributed by atoms with Gasteiger partial charge in [-0.2, -0.15) is 0 Å². The maximum atomic E-state index is 4.48. The highest BCUT2D eigenvalue weighted by Crippen LogP contribution is 2.17. The van der Waals surface area contributed by atoms with Crippen LogP contribution in [0.5, 0.6) is 0 Å². The van der Waals surface area contributed by atoms with Gasteiger partial charge in [-0.05, 0) is 37.1 Å². The van der Waals surface area contributed by atoms with Gasteiger partial charge in [-0.15, -0.1) is 0 Å². The number of nitrogens with one attached hydrogen (secondary N) is 1. The van der Waals surface area contributed by atoms with Crippen molar-refractivity contribution in [3.8, 4) is 0 Å². The topological polar surface area (TPSA) is 27.6 Å². The molecular formula is C13H19N3. The first-order valence-corrected chi connectivity index (χ1v) is 5.83. The predicted molar refractivity (Wildman–Crippen MR) is 70.5 cm³/mol. The molecule has 0 saturated heterocycles. The molecule has 1 heterocycles. The van der Waals surface area contributed by atoms with Gasteiger partial charge in [0.05, 0.1) is 0 Å². The molecule has 0 radical (unpaired) electrons. The van der Waals surface area contributed by atoms with E-state index in [1.54, 1.807) is 0 Å². The van der Waals surface area contributed by atoms with Crippen LogP contribution < -0.4 is 10.2 Å². The average molecular weight is 217 g/mol. The zero-order valence-corrected chi connectivity index (χ0v) is 10.0. The van der Waals surface area contributed by atoms with E-state index in [-0.39, 0.29) is 0 Å². The van der Waals surface area contributed by atoms with Crippen LogP contribution in [0.3, 0.4) is 0 Å². The number of benzene rings is 1. The van der Waals surface area contributed by atoms with Gasteiger partial charge in [0, 0.05) is 38.4 Å². The van der Waals surface area contributed by atoms with Crippen LogP contribution in [0.1, 0.15) is 19.3 Å².